The van der Waals surface area contributed by atoms with Crippen LogP contribution in [-0.4, -0.2) is 10.9 Å². The highest BCUT2D eigenvalue weighted by Gasteiger charge is 2.14. The predicted octanol–water partition coefficient (Wildman–Crippen LogP) is 4.62. The summed E-state index contributed by atoms with van der Waals surface area (Å²) in [7, 11) is 0. The van der Waals surface area contributed by atoms with Gasteiger partial charge in [0, 0.05) is 17.1 Å². The van der Waals surface area contributed by atoms with Gasteiger partial charge >= 0.3 is 0 Å². The number of thiophene rings is 1. The van der Waals surface area contributed by atoms with Crippen LogP contribution in [0.5, 0.6) is 0 Å². The Bertz CT molecular complexity index is 1130. The molecule has 128 valence electrons. The molecule has 0 aliphatic heterocycles. The van der Waals surface area contributed by atoms with E-state index in [-0.39, 0.29) is 0 Å². The fourth-order valence-electron chi connectivity index (χ4n) is 3.01. The summed E-state index contributed by atoms with van der Waals surface area (Å²) in [6.45, 7) is 2.07. The summed E-state index contributed by atoms with van der Waals surface area (Å²) in [5, 5.41) is 0.900. The number of nitrogens with two attached hydrogens (primary N) is 2. The van der Waals surface area contributed by atoms with E-state index in [1.165, 1.54) is 16.9 Å². The maximum absolute atomic E-state index is 11.6. The molecule has 4 N–H and O–H groups in total. The lowest BCUT2D eigenvalue weighted by Gasteiger charge is -2.08. The van der Waals surface area contributed by atoms with E-state index in [1.807, 2.05) is 12.1 Å². The second kappa shape index (κ2) is 6.28. The highest BCUT2D eigenvalue weighted by atomic mass is 32.1. The normalized spacial score (nSPS) is 11.0. The van der Waals surface area contributed by atoms with Crippen LogP contribution in [0.15, 0.2) is 60.8 Å². The molecule has 2 heterocycles. The molecule has 5 heteroatoms. The molecule has 0 aliphatic carbocycles. The van der Waals surface area contributed by atoms with Crippen molar-refractivity contribution in [1.29, 1.82) is 0 Å². The van der Waals surface area contributed by atoms with Gasteiger partial charge in [-0.15, -0.1) is 11.3 Å². The third-order valence-electron chi connectivity index (χ3n) is 4.39. The SMILES string of the molecule is Cc1ccc(-c2cccc(-c3cnc(N)c4sc(C(N)=O)cc34)c2)cc1. The number of rotatable bonds is 3. The Kier molecular flexibility index (Phi) is 3.93. The van der Waals surface area contributed by atoms with Gasteiger partial charge in [0.05, 0.1) is 9.58 Å². The van der Waals surface area contributed by atoms with Crippen LogP contribution >= 0.6 is 11.3 Å². The van der Waals surface area contributed by atoms with Gasteiger partial charge in [0.25, 0.3) is 5.91 Å². The van der Waals surface area contributed by atoms with Gasteiger partial charge in [0.15, 0.2) is 0 Å². The number of hydrogen-bond acceptors (Lipinski definition) is 4. The number of anilines is 1. The molecule has 0 aliphatic rings. The Balaban J connectivity index is 1.88. The molecular formula is C21H17N3OS. The van der Waals surface area contributed by atoms with Crippen LogP contribution in [0.25, 0.3) is 32.3 Å². The number of nitrogen functional groups attached to an aromatic ring is 1. The minimum absolute atomic E-state index is 0.413. The molecule has 4 nitrogen and oxygen atoms in total. The summed E-state index contributed by atoms with van der Waals surface area (Å²) in [5.41, 5.74) is 16.9. The molecule has 0 saturated carbocycles. The number of carbonyl (C=O) groups is 1. The zero-order valence-electron chi connectivity index (χ0n) is 14.2. The van der Waals surface area contributed by atoms with Gasteiger partial charge in [0.1, 0.15) is 5.82 Å². The molecule has 0 spiro atoms. The van der Waals surface area contributed by atoms with Crippen LogP contribution in [0, 0.1) is 6.92 Å². The number of hydrogen-bond donors (Lipinski definition) is 2. The molecule has 2 aromatic carbocycles. The van der Waals surface area contributed by atoms with Gasteiger partial charge in [0.2, 0.25) is 0 Å². The van der Waals surface area contributed by atoms with Crippen molar-refractivity contribution in [3.63, 3.8) is 0 Å². The van der Waals surface area contributed by atoms with E-state index in [2.05, 4.69) is 48.3 Å². The van der Waals surface area contributed by atoms with Crippen molar-refractivity contribution in [3.8, 4) is 22.3 Å². The molecule has 0 atom stereocenters. The second-order valence-electron chi connectivity index (χ2n) is 6.22. The van der Waals surface area contributed by atoms with E-state index in [9.17, 15) is 4.79 Å². The average Bonchev–Trinajstić information content (AvgIpc) is 3.09. The Morgan fingerprint density at radius 3 is 2.46 bits per heavy atom. The first-order chi connectivity index (χ1) is 12.5. The van der Waals surface area contributed by atoms with Crippen LogP contribution in [0.2, 0.25) is 0 Å². The molecule has 0 saturated heterocycles. The molecule has 26 heavy (non-hydrogen) atoms. The van der Waals surface area contributed by atoms with Crippen LogP contribution in [-0.2, 0) is 0 Å². The summed E-state index contributed by atoms with van der Waals surface area (Å²) in [6.07, 6.45) is 1.75. The van der Waals surface area contributed by atoms with Crippen molar-refractivity contribution < 1.29 is 4.79 Å². The first kappa shape index (κ1) is 16.3. The molecule has 1 amide bonds. The van der Waals surface area contributed by atoms with Crippen LogP contribution in [0.3, 0.4) is 0 Å². The second-order valence-corrected chi connectivity index (χ2v) is 7.27. The van der Waals surface area contributed by atoms with Gasteiger partial charge < -0.3 is 11.5 Å². The number of aryl methyl sites for hydroxylation is 1. The zero-order valence-corrected chi connectivity index (χ0v) is 15.0. The highest BCUT2D eigenvalue weighted by molar-refractivity contribution is 7.21. The quantitative estimate of drug-likeness (QED) is 0.560. The van der Waals surface area contributed by atoms with E-state index >= 15 is 0 Å². The summed E-state index contributed by atoms with van der Waals surface area (Å²) >= 11 is 1.28. The predicted molar refractivity (Wildman–Crippen MR) is 108 cm³/mol. The number of benzene rings is 2. The van der Waals surface area contributed by atoms with E-state index in [1.54, 1.807) is 12.3 Å². The maximum atomic E-state index is 11.6. The maximum Gasteiger partial charge on any atom is 0.258 e. The Morgan fingerprint density at radius 1 is 1.00 bits per heavy atom. The smallest absolute Gasteiger partial charge is 0.258 e. The minimum Gasteiger partial charge on any atom is -0.383 e. The third-order valence-corrected chi connectivity index (χ3v) is 5.56. The Morgan fingerprint density at radius 2 is 1.73 bits per heavy atom. The van der Waals surface area contributed by atoms with Gasteiger partial charge in [-0.25, -0.2) is 4.98 Å². The molecule has 0 radical (unpaired) electrons. The van der Waals surface area contributed by atoms with Crippen LogP contribution in [0.4, 0.5) is 5.82 Å². The first-order valence-corrected chi connectivity index (χ1v) is 9.00. The lowest BCUT2D eigenvalue weighted by molar-refractivity contribution is 0.100. The molecular weight excluding hydrogens is 342 g/mol. The number of fused-ring (bicyclic) bond motifs is 1. The van der Waals surface area contributed by atoms with E-state index in [4.69, 9.17) is 11.5 Å². The van der Waals surface area contributed by atoms with E-state index in [0.717, 1.165) is 32.3 Å². The van der Waals surface area contributed by atoms with Crippen LogP contribution < -0.4 is 11.5 Å². The number of primary amides is 1. The summed E-state index contributed by atoms with van der Waals surface area (Å²) in [5.74, 6) is -0.0408. The molecule has 0 fully saturated rings. The van der Waals surface area contributed by atoms with Crippen molar-refractivity contribution in [2.24, 2.45) is 5.73 Å². The number of nitrogens with zero attached hydrogens (tertiary/aromatic N) is 1. The van der Waals surface area contributed by atoms with Crippen molar-refractivity contribution in [2.45, 2.75) is 6.92 Å². The highest BCUT2D eigenvalue weighted by Crippen LogP contribution is 2.37. The van der Waals surface area contributed by atoms with Crippen LogP contribution in [0.1, 0.15) is 15.2 Å². The lowest BCUT2D eigenvalue weighted by Crippen LogP contribution is -2.08. The zero-order chi connectivity index (χ0) is 18.3. The van der Waals surface area contributed by atoms with Gasteiger partial charge in [-0.1, -0.05) is 48.0 Å². The minimum atomic E-state index is -0.454. The summed E-state index contributed by atoms with van der Waals surface area (Å²) in [4.78, 5) is 16.4. The van der Waals surface area contributed by atoms with Gasteiger partial charge in [-0.2, -0.15) is 0 Å². The summed E-state index contributed by atoms with van der Waals surface area (Å²) < 4.78 is 0.789. The van der Waals surface area contributed by atoms with Crippen molar-refractivity contribution >= 4 is 33.1 Å². The molecule has 0 unspecified atom stereocenters. The van der Waals surface area contributed by atoms with Crippen molar-refractivity contribution in [3.05, 3.63) is 71.2 Å². The Hall–Kier alpha value is -3.18. The Labute approximate surface area is 155 Å². The van der Waals surface area contributed by atoms with E-state index in [0.29, 0.717) is 10.7 Å². The monoisotopic (exact) mass is 359 g/mol. The number of aromatic nitrogens is 1. The van der Waals surface area contributed by atoms with Gasteiger partial charge in [-0.3, -0.25) is 4.79 Å². The van der Waals surface area contributed by atoms with Crippen molar-refractivity contribution in [2.75, 3.05) is 5.73 Å². The molecule has 2 aromatic heterocycles. The van der Waals surface area contributed by atoms with E-state index < -0.39 is 5.91 Å². The average molecular weight is 359 g/mol. The standard InChI is InChI=1S/C21H17N3OS/c1-12-5-7-13(8-6-12)14-3-2-4-15(9-14)17-11-24-20(22)19-16(17)10-18(26-19)21(23)25/h2-11H,1H3,(H2,22,24)(H2,23,25). The first-order valence-electron chi connectivity index (χ1n) is 8.18. The van der Waals surface area contributed by atoms with Crippen molar-refractivity contribution in [1.82, 2.24) is 4.98 Å². The summed E-state index contributed by atoms with van der Waals surface area (Å²) in [6, 6.07) is 18.5. The largest absolute Gasteiger partial charge is 0.383 e. The lowest BCUT2D eigenvalue weighted by atomic mass is 9.98. The molecule has 4 rings (SSSR count). The number of carbonyl (C=O) groups excluding carboxylic acids is 1. The fraction of sp³-hybridized carbons (Fsp3) is 0.0476. The number of amides is 1. The fourth-order valence-corrected chi connectivity index (χ4v) is 3.94. The number of pyridine rings is 1. The van der Waals surface area contributed by atoms with Gasteiger partial charge in [-0.05, 0) is 35.7 Å². The third kappa shape index (κ3) is 2.82. The topological polar surface area (TPSA) is 82.0 Å². The molecule has 4 aromatic rings. The molecule has 0 bridgehead atoms.